The molecule has 1 heterocycles. The van der Waals surface area contributed by atoms with E-state index in [0.29, 0.717) is 12.1 Å². The first-order valence-electron chi connectivity index (χ1n) is 4.78. The molecule has 1 aromatic heterocycles. The molecule has 0 fully saturated rings. The number of rotatable bonds is 2. The largest absolute Gasteiger partial charge is 0.363 e. The van der Waals surface area contributed by atoms with Crippen LogP contribution in [0.2, 0.25) is 0 Å². The highest BCUT2D eigenvalue weighted by Crippen LogP contribution is 2.13. The van der Waals surface area contributed by atoms with E-state index in [1.807, 2.05) is 30.3 Å². The Labute approximate surface area is 87.6 Å². The second-order valence-corrected chi connectivity index (χ2v) is 3.31. The Bertz CT molecular complexity index is 503. The summed E-state index contributed by atoms with van der Waals surface area (Å²) in [5.41, 5.74) is 7.78. The maximum Gasteiger partial charge on any atom is 0.189 e. The molecule has 0 saturated carbocycles. The van der Waals surface area contributed by atoms with E-state index >= 15 is 0 Å². The van der Waals surface area contributed by atoms with Crippen LogP contribution in [0.15, 0.2) is 47.4 Å². The van der Waals surface area contributed by atoms with Gasteiger partial charge in [0.05, 0.1) is 0 Å². The molecule has 2 aromatic rings. The molecule has 0 bridgehead atoms. The molecule has 0 unspecified atom stereocenters. The van der Waals surface area contributed by atoms with Gasteiger partial charge in [0.2, 0.25) is 0 Å². The van der Waals surface area contributed by atoms with E-state index in [2.05, 4.69) is 4.98 Å². The summed E-state index contributed by atoms with van der Waals surface area (Å²) in [4.78, 5) is 14.7. The van der Waals surface area contributed by atoms with Crippen molar-refractivity contribution in [3.05, 3.63) is 58.5 Å². The first kappa shape index (κ1) is 9.68. The molecule has 0 aliphatic heterocycles. The maximum atomic E-state index is 11.7. The SMILES string of the molecule is NCc1cc(=O)c(-c2ccccc2)c[nH]1. The lowest BCUT2D eigenvalue weighted by molar-refractivity contribution is 0.986. The monoisotopic (exact) mass is 200 g/mol. The molecule has 0 spiro atoms. The highest BCUT2D eigenvalue weighted by Gasteiger charge is 2.02. The van der Waals surface area contributed by atoms with E-state index in [-0.39, 0.29) is 5.43 Å². The third-order valence-corrected chi connectivity index (χ3v) is 2.28. The Balaban J connectivity index is 2.51. The Kier molecular flexibility index (Phi) is 2.65. The first-order valence-corrected chi connectivity index (χ1v) is 4.78. The normalized spacial score (nSPS) is 10.2. The lowest BCUT2D eigenvalue weighted by atomic mass is 10.1. The van der Waals surface area contributed by atoms with Crippen molar-refractivity contribution in [2.24, 2.45) is 5.73 Å². The molecule has 0 radical (unpaired) electrons. The maximum absolute atomic E-state index is 11.7. The number of benzene rings is 1. The standard InChI is InChI=1S/C12H12N2O/c13-7-10-6-12(15)11(8-14-10)9-4-2-1-3-5-9/h1-6,8H,7,13H2,(H,14,15). The topological polar surface area (TPSA) is 58.9 Å². The molecule has 3 N–H and O–H groups in total. The van der Waals surface area contributed by atoms with E-state index in [1.165, 1.54) is 0 Å². The third kappa shape index (κ3) is 1.97. The number of aromatic amines is 1. The van der Waals surface area contributed by atoms with Crippen LogP contribution in [0, 0.1) is 0 Å². The summed E-state index contributed by atoms with van der Waals surface area (Å²) >= 11 is 0. The molecule has 3 heteroatoms. The van der Waals surface area contributed by atoms with Crippen molar-refractivity contribution in [3.8, 4) is 11.1 Å². The fourth-order valence-electron chi connectivity index (χ4n) is 1.47. The van der Waals surface area contributed by atoms with Crippen LogP contribution in [-0.4, -0.2) is 4.98 Å². The van der Waals surface area contributed by atoms with E-state index in [9.17, 15) is 4.79 Å². The number of nitrogens with two attached hydrogens (primary N) is 1. The van der Waals surface area contributed by atoms with Gasteiger partial charge in [0.25, 0.3) is 0 Å². The molecule has 0 atom stereocenters. The molecule has 76 valence electrons. The summed E-state index contributed by atoms with van der Waals surface area (Å²) in [6, 6.07) is 11.1. The van der Waals surface area contributed by atoms with E-state index in [0.717, 1.165) is 11.3 Å². The van der Waals surface area contributed by atoms with Crippen molar-refractivity contribution in [1.29, 1.82) is 0 Å². The predicted molar refractivity (Wildman–Crippen MR) is 60.4 cm³/mol. The summed E-state index contributed by atoms with van der Waals surface area (Å²) in [5, 5.41) is 0. The fourth-order valence-corrected chi connectivity index (χ4v) is 1.47. The number of pyridine rings is 1. The molecular weight excluding hydrogens is 188 g/mol. The minimum Gasteiger partial charge on any atom is -0.363 e. The van der Waals surface area contributed by atoms with Gasteiger partial charge in [-0.15, -0.1) is 0 Å². The van der Waals surface area contributed by atoms with Crippen LogP contribution < -0.4 is 11.2 Å². The van der Waals surface area contributed by atoms with Gasteiger partial charge in [-0.2, -0.15) is 0 Å². The number of hydrogen-bond donors (Lipinski definition) is 2. The Hall–Kier alpha value is -1.87. The van der Waals surface area contributed by atoms with Gasteiger partial charge in [-0.05, 0) is 5.56 Å². The molecule has 15 heavy (non-hydrogen) atoms. The van der Waals surface area contributed by atoms with Crippen molar-refractivity contribution in [2.45, 2.75) is 6.54 Å². The van der Waals surface area contributed by atoms with E-state index in [1.54, 1.807) is 12.3 Å². The Morgan fingerprint density at radius 2 is 1.93 bits per heavy atom. The summed E-state index contributed by atoms with van der Waals surface area (Å²) in [6.45, 7) is 0.351. The van der Waals surface area contributed by atoms with Gasteiger partial charge in [0, 0.05) is 30.1 Å². The molecule has 1 aromatic carbocycles. The zero-order chi connectivity index (χ0) is 10.7. The summed E-state index contributed by atoms with van der Waals surface area (Å²) < 4.78 is 0. The number of hydrogen-bond acceptors (Lipinski definition) is 2. The number of H-pyrrole nitrogens is 1. The van der Waals surface area contributed by atoms with Gasteiger partial charge in [-0.1, -0.05) is 30.3 Å². The van der Waals surface area contributed by atoms with Crippen LogP contribution in [0.4, 0.5) is 0 Å². The minimum atomic E-state index is 0.000370. The minimum absolute atomic E-state index is 0.000370. The van der Waals surface area contributed by atoms with E-state index in [4.69, 9.17) is 5.73 Å². The average molecular weight is 200 g/mol. The summed E-state index contributed by atoms with van der Waals surface area (Å²) in [7, 11) is 0. The fraction of sp³-hybridized carbons (Fsp3) is 0.0833. The zero-order valence-corrected chi connectivity index (χ0v) is 8.23. The molecule has 0 aliphatic carbocycles. The molecule has 2 rings (SSSR count). The third-order valence-electron chi connectivity index (χ3n) is 2.28. The van der Waals surface area contributed by atoms with Crippen molar-refractivity contribution >= 4 is 0 Å². The predicted octanol–water partition coefficient (Wildman–Crippen LogP) is 1.50. The molecular formula is C12H12N2O. The first-order chi connectivity index (χ1) is 7.31. The van der Waals surface area contributed by atoms with Crippen LogP contribution in [0.25, 0.3) is 11.1 Å². The Morgan fingerprint density at radius 1 is 1.20 bits per heavy atom. The van der Waals surface area contributed by atoms with Crippen LogP contribution in [0.3, 0.4) is 0 Å². The van der Waals surface area contributed by atoms with E-state index < -0.39 is 0 Å². The second-order valence-electron chi connectivity index (χ2n) is 3.31. The summed E-state index contributed by atoms with van der Waals surface area (Å²) in [5.74, 6) is 0. The lowest BCUT2D eigenvalue weighted by Gasteiger charge is -2.01. The molecule has 0 amide bonds. The lowest BCUT2D eigenvalue weighted by Crippen LogP contribution is -2.09. The second kappa shape index (κ2) is 4.11. The highest BCUT2D eigenvalue weighted by atomic mass is 16.1. The summed E-state index contributed by atoms with van der Waals surface area (Å²) in [6.07, 6.45) is 1.71. The molecule has 0 aliphatic rings. The van der Waals surface area contributed by atoms with Gasteiger partial charge in [0.15, 0.2) is 5.43 Å². The van der Waals surface area contributed by atoms with Crippen molar-refractivity contribution in [3.63, 3.8) is 0 Å². The van der Waals surface area contributed by atoms with Crippen LogP contribution >= 0.6 is 0 Å². The zero-order valence-electron chi connectivity index (χ0n) is 8.23. The molecule has 0 saturated heterocycles. The van der Waals surface area contributed by atoms with Gasteiger partial charge in [-0.25, -0.2) is 0 Å². The van der Waals surface area contributed by atoms with Crippen molar-refractivity contribution in [1.82, 2.24) is 4.98 Å². The van der Waals surface area contributed by atoms with Crippen molar-refractivity contribution in [2.75, 3.05) is 0 Å². The number of nitrogens with one attached hydrogen (secondary N) is 1. The smallest absolute Gasteiger partial charge is 0.189 e. The Morgan fingerprint density at radius 3 is 2.53 bits per heavy atom. The van der Waals surface area contributed by atoms with Crippen LogP contribution in [0.5, 0.6) is 0 Å². The van der Waals surface area contributed by atoms with Gasteiger partial charge in [0.1, 0.15) is 0 Å². The quantitative estimate of drug-likeness (QED) is 0.771. The highest BCUT2D eigenvalue weighted by molar-refractivity contribution is 5.61. The van der Waals surface area contributed by atoms with Crippen LogP contribution in [0.1, 0.15) is 5.69 Å². The van der Waals surface area contributed by atoms with Crippen LogP contribution in [-0.2, 0) is 6.54 Å². The average Bonchev–Trinajstić information content (AvgIpc) is 2.30. The number of aromatic nitrogens is 1. The van der Waals surface area contributed by atoms with Gasteiger partial charge >= 0.3 is 0 Å². The van der Waals surface area contributed by atoms with Gasteiger partial charge < -0.3 is 10.7 Å². The molecule has 3 nitrogen and oxygen atoms in total. The van der Waals surface area contributed by atoms with Gasteiger partial charge in [-0.3, -0.25) is 4.79 Å². The van der Waals surface area contributed by atoms with Crippen molar-refractivity contribution < 1.29 is 0 Å².